The van der Waals surface area contributed by atoms with Gasteiger partial charge in [0.05, 0.1) is 7.11 Å². The third-order valence-corrected chi connectivity index (χ3v) is 5.68. The lowest BCUT2D eigenvalue weighted by Gasteiger charge is -2.35. The molecule has 1 amide bonds. The van der Waals surface area contributed by atoms with Crippen LogP contribution in [0.5, 0.6) is 5.75 Å². The van der Waals surface area contributed by atoms with Gasteiger partial charge in [0.25, 0.3) is 5.91 Å². The normalized spacial score (nSPS) is 15.6. The summed E-state index contributed by atoms with van der Waals surface area (Å²) in [6.45, 7) is 8.96. The molecule has 0 saturated carbocycles. The van der Waals surface area contributed by atoms with E-state index >= 15 is 0 Å². The first-order valence-electron chi connectivity index (χ1n) is 10.6. The monoisotopic (exact) mass is 398 g/mol. The van der Waals surface area contributed by atoms with Crippen molar-refractivity contribution < 1.29 is 9.53 Å². The minimum absolute atomic E-state index is 0.0927. The maximum Gasteiger partial charge on any atom is 0.272 e. The summed E-state index contributed by atoms with van der Waals surface area (Å²) in [6.07, 6.45) is 3.92. The van der Waals surface area contributed by atoms with Gasteiger partial charge in [0.2, 0.25) is 0 Å². The average molecular weight is 399 g/mol. The largest absolute Gasteiger partial charge is 0.496 e. The molecule has 0 atom stereocenters. The van der Waals surface area contributed by atoms with E-state index in [1.54, 1.807) is 18.0 Å². The highest BCUT2D eigenvalue weighted by atomic mass is 16.5. The summed E-state index contributed by atoms with van der Waals surface area (Å²) in [5.41, 5.74) is 1.90. The first-order chi connectivity index (χ1) is 14.0. The van der Waals surface area contributed by atoms with Gasteiger partial charge in [-0.05, 0) is 49.9 Å². The number of aromatic nitrogens is 2. The van der Waals surface area contributed by atoms with E-state index in [4.69, 9.17) is 4.74 Å². The fourth-order valence-corrected chi connectivity index (χ4v) is 4.14. The van der Waals surface area contributed by atoms with E-state index in [0.29, 0.717) is 17.5 Å². The lowest BCUT2D eigenvalue weighted by Crippen LogP contribution is -2.42. The molecule has 2 aromatic rings. The molecule has 0 bridgehead atoms. The van der Waals surface area contributed by atoms with E-state index in [2.05, 4.69) is 36.0 Å². The van der Waals surface area contributed by atoms with Crippen molar-refractivity contribution in [3.63, 3.8) is 0 Å². The molecular formula is C23H34N4O2. The van der Waals surface area contributed by atoms with Crippen molar-refractivity contribution >= 4 is 5.91 Å². The predicted octanol–water partition coefficient (Wildman–Crippen LogP) is 3.44. The number of amides is 1. The maximum atomic E-state index is 13.1. The Balaban J connectivity index is 1.57. The lowest BCUT2D eigenvalue weighted by atomic mass is 9.95. The zero-order valence-electron chi connectivity index (χ0n) is 18.2. The van der Waals surface area contributed by atoms with Gasteiger partial charge in [0, 0.05) is 38.4 Å². The Bertz CT molecular complexity index is 794. The summed E-state index contributed by atoms with van der Waals surface area (Å²) in [7, 11) is 3.56. The number of hydrogen-bond acceptors (Lipinski definition) is 4. The van der Waals surface area contributed by atoms with E-state index < -0.39 is 0 Å². The molecule has 0 N–H and O–H groups in total. The van der Waals surface area contributed by atoms with Gasteiger partial charge in [-0.15, -0.1) is 0 Å². The summed E-state index contributed by atoms with van der Waals surface area (Å²) < 4.78 is 7.16. The maximum absolute atomic E-state index is 13.1. The molecule has 1 fully saturated rings. The molecule has 158 valence electrons. The Morgan fingerprint density at radius 2 is 1.97 bits per heavy atom. The number of ether oxygens (including phenoxy) is 1. The number of carbonyl (C=O) groups is 1. The number of piperidine rings is 1. The van der Waals surface area contributed by atoms with Gasteiger partial charge in [-0.1, -0.05) is 32.0 Å². The summed E-state index contributed by atoms with van der Waals surface area (Å²) in [5, 5.41) is 4.16. The van der Waals surface area contributed by atoms with Crippen LogP contribution in [0.2, 0.25) is 0 Å². The molecule has 6 heteroatoms. The van der Waals surface area contributed by atoms with Gasteiger partial charge in [-0.3, -0.25) is 14.4 Å². The third kappa shape index (κ3) is 5.60. The highest BCUT2D eigenvalue weighted by molar-refractivity contribution is 5.92. The Labute approximate surface area is 174 Å². The summed E-state index contributed by atoms with van der Waals surface area (Å²) in [4.78, 5) is 17.6. The third-order valence-electron chi connectivity index (χ3n) is 5.68. The first kappa shape index (κ1) is 21.4. The van der Waals surface area contributed by atoms with Crippen molar-refractivity contribution in [3.8, 4) is 5.75 Å². The van der Waals surface area contributed by atoms with E-state index in [0.717, 1.165) is 51.3 Å². The van der Waals surface area contributed by atoms with Gasteiger partial charge in [-0.25, -0.2) is 0 Å². The van der Waals surface area contributed by atoms with Crippen molar-refractivity contribution in [3.05, 3.63) is 47.8 Å². The minimum Gasteiger partial charge on any atom is -0.496 e. The Morgan fingerprint density at radius 1 is 1.24 bits per heavy atom. The Morgan fingerprint density at radius 3 is 2.59 bits per heavy atom. The highest BCUT2D eigenvalue weighted by Gasteiger charge is 2.26. The summed E-state index contributed by atoms with van der Waals surface area (Å²) in [6, 6.07) is 10.1. The Hall–Kier alpha value is -2.34. The molecule has 2 heterocycles. The fraction of sp³-hybridized carbons (Fsp3) is 0.565. The van der Waals surface area contributed by atoms with Crippen LogP contribution in [-0.2, 0) is 13.6 Å². The standard InChI is InChI=1S/C23H34N4O2/c1-18(2)15-27(23(28)21-9-12-24-25(21)3)16-19-10-13-26(14-11-19)17-20-7-5-6-8-22(20)29-4/h5-9,12,18-19H,10-11,13-17H2,1-4H3. The van der Waals surface area contributed by atoms with Crippen molar-refractivity contribution in [1.82, 2.24) is 19.6 Å². The number of hydrogen-bond donors (Lipinski definition) is 0. The number of rotatable bonds is 8. The van der Waals surface area contributed by atoms with Crippen molar-refractivity contribution in [2.75, 3.05) is 33.3 Å². The quantitative estimate of drug-likeness (QED) is 0.684. The molecule has 3 rings (SSSR count). The Kier molecular flexibility index (Phi) is 7.31. The first-order valence-corrected chi connectivity index (χ1v) is 10.6. The highest BCUT2D eigenvalue weighted by Crippen LogP contribution is 2.24. The molecule has 1 saturated heterocycles. The fourth-order valence-electron chi connectivity index (χ4n) is 4.14. The molecule has 0 radical (unpaired) electrons. The van der Waals surface area contributed by atoms with Gasteiger partial charge in [-0.2, -0.15) is 5.10 Å². The second-order valence-corrected chi connectivity index (χ2v) is 8.48. The molecule has 1 aliphatic heterocycles. The molecular weight excluding hydrogens is 364 g/mol. The van der Waals surface area contributed by atoms with Crippen LogP contribution >= 0.6 is 0 Å². The van der Waals surface area contributed by atoms with Gasteiger partial charge in [0.15, 0.2) is 0 Å². The molecule has 0 aliphatic carbocycles. The van der Waals surface area contributed by atoms with Crippen molar-refractivity contribution in [1.29, 1.82) is 0 Å². The van der Waals surface area contributed by atoms with Crippen molar-refractivity contribution in [2.45, 2.75) is 33.2 Å². The van der Waals surface area contributed by atoms with Gasteiger partial charge < -0.3 is 9.64 Å². The molecule has 1 aliphatic rings. The number of benzene rings is 1. The molecule has 29 heavy (non-hydrogen) atoms. The second kappa shape index (κ2) is 9.92. The lowest BCUT2D eigenvalue weighted by molar-refractivity contribution is 0.0652. The van der Waals surface area contributed by atoms with Crippen LogP contribution in [0.3, 0.4) is 0 Å². The van der Waals surface area contributed by atoms with E-state index in [9.17, 15) is 4.79 Å². The van der Waals surface area contributed by atoms with E-state index in [-0.39, 0.29) is 5.91 Å². The van der Waals surface area contributed by atoms with E-state index in [1.165, 1.54) is 5.56 Å². The van der Waals surface area contributed by atoms with Gasteiger partial charge in [0.1, 0.15) is 11.4 Å². The smallest absolute Gasteiger partial charge is 0.272 e. The minimum atomic E-state index is 0.0927. The number of aryl methyl sites for hydroxylation is 1. The van der Waals surface area contributed by atoms with Gasteiger partial charge >= 0.3 is 0 Å². The number of carbonyl (C=O) groups excluding carboxylic acids is 1. The number of methoxy groups -OCH3 is 1. The summed E-state index contributed by atoms with van der Waals surface area (Å²) in [5.74, 6) is 2.03. The van der Waals surface area contributed by atoms with E-state index in [1.807, 2.05) is 30.1 Å². The molecule has 0 spiro atoms. The average Bonchev–Trinajstić information content (AvgIpc) is 3.14. The van der Waals surface area contributed by atoms with Crippen LogP contribution in [-0.4, -0.2) is 58.8 Å². The summed E-state index contributed by atoms with van der Waals surface area (Å²) >= 11 is 0. The zero-order valence-corrected chi connectivity index (χ0v) is 18.2. The second-order valence-electron chi connectivity index (χ2n) is 8.48. The number of nitrogens with zero attached hydrogens (tertiary/aromatic N) is 4. The van der Waals surface area contributed by atoms with Crippen LogP contribution in [0.1, 0.15) is 42.7 Å². The molecule has 6 nitrogen and oxygen atoms in total. The molecule has 0 unspecified atom stereocenters. The number of likely N-dealkylation sites (tertiary alicyclic amines) is 1. The van der Waals surface area contributed by atoms with Crippen LogP contribution in [0, 0.1) is 11.8 Å². The molecule has 1 aromatic carbocycles. The van der Waals surface area contributed by atoms with Crippen LogP contribution < -0.4 is 4.74 Å². The van der Waals surface area contributed by atoms with Crippen LogP contribution in [0.4, 0.5) is 0 Å². The van der Waals surface area contributed by atoms with Crippen LogP contribution in [0.25, 0.3) is 0 Å². The topological polar surface area (TPSA) is 50.6 Å². The molecule has 1 aromatic heterocycles. The number of para-hydroxylation sites is 1. The zero-order chi connectivity index (χ0) is 20.8. The predicted molar refractivity (Wildman–Crippen MR) is 115 cm³/mol. The van der Waals surface area contributed by atoms with Crippen LogP contribution in [0.15, 0.2) is 36.5 Å². The van der Waals surface area contributed by atoms with Crippen molar-refractivity contribution in [2.24, 2.45) is 18.9 Å². The SMILES string of the molecule is COc1ccccc1CN1CCC(CN(CC(C)C)C(=O)c2ccnn2C)CC1.